The maximum Gasteiger partial charge on any atom is 0.224 e. The van der Waals surface area contributed by atoms with Crippen LogP contribution in [-0.4, -0.2) is 22.2 Å². The van der Waals surface area contributed by atoms with E-state index < -0.39 is 6.10 Å². The molecule has 0 saturated carbocycles. The Balaban J connectivity index is 1.82. The fraction of sp³-hybridized carbons (Fsp3) is 0.312. The van der Waals surface area contributed by atoms with Gasteiger partial charge in [0.15, 0.2) is 0 Å². The van der Waals surface area contributed by atoms with Gasteiger partial charge in [-0.25, -0.2) is 0 Å². The molecule has 2 aromatic rings. The highest BCUT2D eigenvalue weighted by Gasteiger charge is 2.15. The number of amides is 1. The highest BCUT2D eigenvalue weighted by molar-refractivity contribution is 7.10. The molecule has 5 heteroatoms. The van der Waals surface area contributed by atoms with Crippen LogP contribution in [0.15, 0.2) is 41.8 Å². The first-order valence-corrected chi connectivity index (χ1v) is 7.71. The summed E-state index contributed by atoms with van der Waals surface area (Å²) in [4.78, 5) is 12.8. The minimum absolute atomic E-state index is 0.119. The van der Waals surface area contributed by atoms with Crippen LogP contribution >= 0.6 is 11.3 Å². The van der Waals surface area contributed by atoms with E-state index in [1.54, 1.807) is 24.3 Å². The van der Waals surface area contributed by atoms with E-state index >= 15 is 0 Å². The fourth-order valence-electron chi connectivity index (χ4n) is 2.17. The summed E-state index contributed by atoms with van der Waals surface area (Å²) in [5, 5.41) is 24.2. The minimum Gasteiger partial charge on any atom is -0.508 e. The second-order valence-corrected chi connectivity index (χ2v) is 6.06. The summed E-state index contributed by atoms with van der Waals surface area (Å²) in [6.07, 6.45) is 0.140. The summed E-state index contributed by atoms with van der Waals surface area (Å²) in [5.74, 6) is 0.0351. The van der Waals surface area contributed by atoms with Gasteiger partial charge >= 0.3 is 0 Å². The average Bonchev–Trinajstić information content (AvgIpc) is 2.91. The Morgan fingerprint density at radius 2 is 2.14 bits per heavy atom. The van der Waals surface area contributed by atoms with Gasteiger partial charge in [0.1, 0.15) is 5.75 Å². The van der Waals surface area contributed by atoms with Gasteiger partial charge in [-0.1, -0.05) is 18.2 Å². The van der Waals surface area contributed by atoms with Crippen molar-refractivity contribution in [3.8, 4) is 5.75 Å². The quantitative estimate of drug-likeness (QED) is 0.768. The first-order chi connectivity index (χ1) is 10.0. The average molecular weight is 305 g/mol. The minimum atomic E-state index is -0.555. The predicted molar refractivity (Wildman–Crippen MR) is 83.3 cm³/mol. The summed E-state index contributed by atoms with van der Waals surface area (Å²) in [6, 6.07) is 10.3. The van der Waals surface area contributed by atoms with Crippen LogP contribution in [0.2, 0.25) is 0 Å². The van der Waals surface area contributed by atoms with Crippen molar-refractivity contribution in [3.63, 3.8) is 0 Å². The topological polar surface area (TPSA) is 69.6 Å². The highest BCUT2D eigenvalue weighted by atomic mass is 32.1. The molecule has 0 bridgehead atoms. The van der Waals surface area contributed by atoms with Gasteiger partial charge in [-0.2, -0.15) is 0 Å². The van der Waals surface area contributed by atoms with Crippen LogP contribution in [-0.2, 0) is 11.2 Å². The Morgan fingerprint density at radius 1 is 1.33 bits per heavy atom. The third-order valence-electron chi connectivity index (χ3n) is 3.13. The van der Waals surface area contributed by atoms with Crippen LogP contribution in [0.1, 0.15) is 29.9 Å². The number of carbonyl (C=O) groups excluding carboxylic acids is 1. The van der Waals surface area contributed by atoms with Crippen molar-refractivity contribution in [1.82, 2.24) is 5.32 Å². The summed E-state index contributed by atoms with van der Waals surface area (Å²) in [5.41, 5.74) is 0.763. The molecule has 2 rings (SSSR count). The number of hydrogen-bond acceptors (Lipinski definition) is 4. The second-order valence-electron chi connectivity index (χ2n) is 5.08. The van der Waals surface area contributed by atoms with Crippen molar-refractivity contribution >= 4 is 17.2 Å². The molecule has 21 heavy (non-hydrogen) atoms. The number of rotatable bonds is 6. The van der Waals surface area contributed by atoms with E-state index in [-0.39, 0.29) is 24.1 Å². The van der Waals surface area contributed by atoms with Crippen molar-refractivity contribution in [3.05, 3.63) is 52.2 Å². The molecule has 0 aliphatic heterocycles. The fourth-order valence-corrected chi connectivity index (χ4v) is 2.89. The number of benzene rings is 1. The molecule has 1 heterocycles. The van der Waals surface area contributed by atoms with E-state index in [2.05, 4.69) is 5.32 Å². The molecule has 4 nitrogen and oxygen atoms in total. The van der Waals surface area contributed by atoms with Crippen molar-refractivity contribution in [2.75, 3.05) is 0 Å². The molecule has 1 amide bonds. The molecular weight excluding hydrogens is 286 g/mol. The molecule has 0 aliphatic carbocycles. The van der Waals surface area contributed by atoms with E-state index in [4.69, 9.17) is 0 Å². The van der Waals surface area contributed by atoms with E-state index in [0.717, 1.165) is 10.4 Å². The van der Waals surface area contributed by atoms with E-state index in [1.165, 1.54) is 11.3 Å². The lowest BCUT2D eigenvalue weighted by Gasteiger charge is -2.17. The Kier molecular flexibility index (Phi) is 5.36. The summed E-state index contributed by atoms with van der Waals surface area (Å²) in [6.45, 7) is 1.87. The smallest absolute Gasteiger partial charge is 0.224 e. The number of phenolic OH excluding ortho intramolecular Hbond substituents is 1. The normalized spacial score (nSPS) is 13.6. The van der Waals surface area contributed by atoms with Gasteiger partial charge in [0.05, 0.1) is 12.5 Å². The summed E-state index contributed by atoms with van der Waals surface area (Å²) in [7, 11) is 0. The zero-order valence-corrected chi connectivity index (χ0v) is 12.6. The van der Waals surface area contributed by atoms with Crippen LogP contribution in [0, 0.1) is 0 Å². The monoisotopic (exact) mass is 305 g/mol. The molecular formula is C16H19NO3S. The number of nitrogens with one attached hydrogen (secondary N) is 1. The van der Waals surface area contributed by atoms with Gasteiger partial charge in [-0.15, -0.1) is 11.3 Å². The number of hydrogen-bond donors (Lipinski definition) is 3. The summed E-state index contributed by atoms with van der Waals surface area (Å²) >= 11 is 1.51. The SMILES string of the molecule is CC(CC(O)c1cccs1)NC(=O)Cc1cccc(O)c1. The van der Waals surface area contributed by atoms with Gasteiger partial charge in [-0.05, 0) is 42.5 Å². The lowest BCUT2D eigenvalue weighted by Crippen LogP contribution is -2.34. The lowest BCUT2D eigenvalue weighted by molar-refractivity contribution is -0.121. The van der Waals surface area contributed by atoms with Gasteiger partial charge < -0.3 is 15.5 Å². The second kappa shape index (κ2) is 7.24. The van der Waals surface area contributed by atoms with Gasteiger partial charge in [0, 0.05) is 10.9 Å². The molecule has 0 spiro atoms. The van der Waals surface area contributed by atoms with Gasteiger partial charge in [-0.3, -0.25) is 4.79 Å². The molecule has 3 N–H and O–H groups in total. The predicted octanol–water partition coefficient (Wildman–Crippen LogP) is 2.62. The van der Waals surface area contributed by atoms with Gasteiger partial charge in [0.2, 0.25) is 5.91 Å². The summed E-state index contributed by atoms with van der Waals surface area (Å²) < 4.78 is 0. The molecule has 2 atom stereocenters. The molecule has 1 aromatic heterocycles. The first kappa shape index (κ1) is 15.5. The Hall–Kier alpha value is -1.85. The number of aromatic hydroxyl groups is 1. The molecule has 2 unspecified atom stereocenters. The molecule has 1 aromatic carbocycles. The molecule has 0 saturated heterocycles. The largest absolute Gasteiger partial charge is 0.508 e. The van der Waals surface area contributed by atoms with Crippen molar-refractivity contribution < 1.29 is 15.0 Å². The van der Waals surface area contributed by atoms with Crippen molar-refractivity contribution in [1.29, 1.82) is 0 Å². The standard InChI is InChI=1S/C16H19NO3S/c1-11(8-14(19)15-6-3-7-21-15)17-16(20)10-12-4-2-5-13(18)9-12/h2-7,9,11,14,18-19H,8,10H2,1H3,(H,17,20). The zero-order valence-electron chi connectivity index (χ0n) is 11.8. The number of aliphatic hydroxyl groups is 1. The van der Waals surface area contributed by atoms with Crippen molar-refractivity contribution in [2.24, 2.45) is 0 Å². The number of carbonyl (C=O) groups is 1. The van der Waals surface area contributed by atoms with E-state index in [1.807, 2.05) is 24.4 Å². The third-order valence-corrected chi connectivity index (χ3v) is 4.10. The van der Waals surface area contributed by atoms with Crippen LogP contribution in [0.25, 0.3) is 0 Å². The molecule has 0 radical (unpaired) electrons. The maximum atomic E-state index is 11.9. The Bertz CT molecular complexity index is 583. The van der Waals surface area contributed by atoms with E-state index in [0.29, 0.717) is 6.42 Å². The van der Waals surface area contributed by atoms with Gasteiger partial charge in [0.25, 0.3) is 0 Å². The van der Waals surface area contributed by atoms with Crippen LogP contribution < -0.4 is 5.32 Å². The Labute approximate surface area is 128 Å². The zero-order chi connectivity index (χ0) is 15.2. The van der Waals surface area contributed by atoms with Crippen LogP contribution in [0.5, 0.6) is 5.75 Å². The van der Waals surface area contributed by atoms with Crippen molar-refractivity contribution in [2.45, 2.75) is 31.9 Å². The molecule has 0 aliphatic rings. The van der Waals surface area contributed by atoms with E-state index in [9.17, 15) is 15.0 Å². The van der Waals surface area contributed by atoms with Crippen LogP contribution in [0.3, 0.4) is 0 Å². The molecule has 112 valence electrons. The van der Waals surface area contributed by atoms with Crippen LogP contribution in [0.4, 0.5) is 0 Å². The third kappa shape index (κ3) is 4.88. The highest BCUT2D eigenvalue weighted by Crippen LogP contribution is 2.22. The first-order valence-electron chi connectivity index (χ1n) is 6.83. The molecule has 0 fully saturated rings. The number of thiophene rings is 1. The number of aliphatic hydroxyl groups excluding tert-OH is 1. The maximum absolute atomic E-state index is 11.9. The lowest BCUT2D eigenvalue weighted by atomic mass is 10.1. The number of phenols is 1. The Morgan fingerprint density at radius 3 is 2.81 bits per heavy atom.